The van der Waals surface area contributed by atoms with Gasteiger partial charge in [-0.3, -0.25) is 14.5 Å². The number of hydrogen-bond acceptors (Lipinski definition) is 4. The van der Waals surface area contributed by atoms with Crippen LogP contribution in [0.15, 0.2) is 0 Å². The van der Waals surface area contributed by atoms with Crippen LogP contribution in [0.2, 0.25) is 0 Å². The summed E-state index contributed by atoms with van der Waals surface area (Å²) in [5.74, 6) is -2.32. The molecule has 112 valence electrons. The number of carbonyl (C=O) groups is 4. The molecule has 1 aliphatic heterocycles. The largest absolute Gasteiger partial charge is 0.480 e. The maximum absolute atomic E-state index is 12.0. The van der Waals surface area contributed by atoms with Crippen LogP contribution in [-0.4, -0.2) is 51.9 Å². The summed E-state index contributed by atoms with van der Waals surface area (Å²) in [5, 5.41) is 13.6. The van der Waals surface area contributed by atoms with Crippen molar-refractivity contribution in [1.29, 1.82) is 0 Å². The van der Waals surface area contributed by atoms with Gasteiger partial charge in [0.1, 0.15) is 18.1 Å². The van der Waals surface area contributed by atoms with E-state index in [0.717, 1.165) is 4.90 Å². The molecule has 1 fully saturated rings. The molecule has 0 aromatic heterocycles. The van der Waals surface area contributed by atoms with Crippen molar-refractivity contribution in [3.63, 3.8) is 0 Å². The van der Waals surface area contributed by atoms with Gasteiger partial charge in [0.25, 0.3) is 5.91 Å². The van der Waals surface area contributed by atoms with E-state index in [4.69, 9.17) is 5.11 Å². The quantitative estimate of drug-likeness (QED) is 0.579. The molecule has 8 nitrogen and oxygen atoms in total. The minimum absolute atomic E-state index is 0.216. The first kappa shape index (κ1) is 15.9. The Balaban J connectivity index is 2.69. The van der Waals surface area contributed by atoms with Crippen molar-refractivity contribution < 1.29 is 24.3 Å². The van der Waals surface area contributed by atoms with Gasteiger partial charge in [0.15, 0.2) is 0 Å². The SMILES string of the molecule is CCC(NC(=O)CN1C(=O)NC(C)(CC)C1=O)C(=O)O. The topological polar surface area (TPSA) is 116 Å². The molecule has 0 aliphatic carbocycles. The van der Waals surface area contributed by atoms with E-state index < -0.39 is 41.9 Å². The van der Waals surface area contributed by atoms with Gasteiger partial charge >= 0.3 is 12.0 Å². The zero-order chi connectivity index (χ0) is 15.5. The smallest absolute Gasteiger partial charge is 0.326 e. The Kier molecular flexibility index (Phi) is 4.69. The van der Waals surface area contributed by atoms with Gasteiger partial charge in [-0.1, -0.05) is 13.8 Å². The van der Waals surface area contributed by atoms with Crippen LogP contribution in [0.25, 0.3) is 0 Å². The van der Waals surface area contributed by atoms with Crippen LogP contribution in [0.5, 0.6) is 0 Å². The average molecular weight is 285 g/mol. The fourth-order valence-electron chi connectivity index (χ4n) is 1.85. The third-order valence-electron chi connectivity index (χ3n) is 3.40. The van der Waals surface area contributed by atoms with E-state index >= 15 is 0 Å². The molecule has 3 N–H and O–H groups in total. The van der Waals surface area contributed by atoms with Crippen molar-refractivity contribution in [1.82, 2.24) is 15.5 Å². The molecular weight excluding hydrogens is 266 g/mol. The molecule has 0 aromatic rings. The van der Waals surface area contributed by atoms with Crippen LogP contribution in [-0.2, 0) is 14.4 Å². The Hall–Kier alpha value is -2.12. The molecule has 0 saturated carbocycles. The second-order valence-electron chi connectivity index (χ2n) is 4.87. The molecule has 4 amide bonds. The Bertz CT molecular complexity index is 450. The van der Waals surface area contributed by atoms with E-state index in [-0.39, 0.29) is 6.42 Å². The molecule has 2 unspecified atom stereocenters. The van der Waals surface area contributed by atoms with Crippen LogP contribution in [0.1, 0.15) is 33.6 Å². The predicted octanol–water partition coefficient (Wildman–Crippen LogP) is -0.314. The first-order chi connectivity index (χ1) is 9.25. The van der Waals surface area contributed by atoms with Gasteiger partial charge in [0.05, 0.1) is 0 Å². The molecule has 0 bridgehead atoms. The fourth-order valence-corrected chi connectivity index (χ4v) is 1.85. The Morgan fingerprint density at radius 1 is 1.40 bits per heavy atom. The average Bonchev–Trinajstić information content (AvgIpc) is 2.60. The summed E-state index contributed by atoms with van der Waals surface area (Å²) in [5.41, 5.74) is -1.01. The Labute approximate surface area is 116 Å². The molecule has 0 spiro atoms. The van der Waals surface area contributed by atoms with Gasteiger partial charge in [0.2, 0.25) is 5.91 Å². The molecule has 0 aromatic carbocycles. The van der Waals surface area contributed by atoms with Crippen LogP contribution in [0, 0.1) is 0 Å². The van der Waals surface area contributed by atoms with Crippen molar-refractivity contribution in [3.8, 4) is 0 Å². The molecule has 8 heteroatoms. The zero-order valence-corrected chi connectivity index (χ0v) is 11.7. The molecule has 2 atom stereocenters. The summed E-state index contributed by atoms with van der Waals surface area (Å²) in [4.78, 5) is 47.0. The van der Waals surface area contributed by atoms with Crippen LogP contribution >= 0.6 is 0 Å². The van der Waals surface area contributed by atoms with Crippen LogP contribution < -0.4 is 10.6 Å². The lowest BCUT2D eigenvalue weighted by molar-refractivity contribution is -0.142. The number of carboxylic acid groups (broad SMARTS) is 1. The number of carboxylic acids is 1. The van der Waals surface area contributed by atoms with Crippen molar-refractivity contribution in [2.45, 2.75) is 45.2 Å². The lowest BCUT2D eigenvalue weighted by atomic mass is 9.99. The monoisotopic (exact) mass is 285 g/mol. The summed E-state index contributed by atoms with van der Waals surface area (Å²) in [6, 6.07) is -1.67. The molecule has 20 heavy (non-hydrogen) atoms. The first-order valence-electron chi connectivity index (χ1n) is 6.41. The molecule has 1 saturated heterocycles. The Morgan fingerprint density at radius 3 is 2.40 bits per heavy atom. The third kappa shape index (κ3) is 3.06. The number of amides is 4. The number of aliphatic carboxylic acids is 1. The number of rotatable bonds is 6. The van der Waals surface area contributed by atoms with Gasteiger partial charge in [-0.05, 0) is 19.8 Å². The first-order valence-corrected chi connectivity index (χ1v) is 6.41. The highest BCUT2D eigenvalue weighted by atomic mass is 16.4. The second kappa shape index (κ2) is 5.89. The maximum atomic E-state index is 12.0. The normalized spacial score (nSPS) is 23.4. The number of nitrogens with zero attached hydrogens (tertiary/aromatic N) is 1. The number of imide groups is 1. The molecule has 1 rings (SSSR count). The molecule has 1 aliphatic rings. The second-order valence-corrected chi connectivity index (χ2v) is 4.87. The number of urea groups is 1. The highest BCUT2D eigenvalue weighted by molar-refractivity contribution is 6.08. The maximum Gasteiger partial charge on any atom is 0.326 e. The van der Waals surface area contributed by atoms with Gasteiger partial charge in [-0.25, -0.2) is 9.59 Å². The summed E-state index contributed by atoms with van der Waals surface area (Å²) in [7, 11) is 0. The van der Waals surface area contributed by atoms with Crippen molar-refractivity contribution in [2.24, 2.45) is 0 Å². The minimum Gasteiger partial charge on any atom is -0.480 e. The van der Waals surface area contributed by atoms with E-state index in [1.807, 2.05) is 0 Å². The Morgan fingerprint density at radius 2 is 2.00 bits per heavy atom. The third-order valence-corrected chi connectivity index (χ3v) is 3.40. The van der Waals surface area contributed by atoms with Gasteiger partial charge < -0.3 is 15.7 Å². The van der Waals surface area contributed by atoms with E-state index in [9.17, 15) is 19.2 Å². The lowest BCUT2D eigenvalue weighted by Gasteiger charge is -2.19. The highest BCUT2D eigenvalue weighted by Gasteiger charge is 2.47. The molecule has 1 heterocycles. The predicted molar refractivity (Wildman–Crippen MR) is 68.8 cm³/mol. The minimum atomic E-state index is -1.16. The van der Waals surface area contributed by atoms with Crippen LogP contribution in [0.3, 0.4) is 0 Å². The van der Waals surface area contributed by atoms with Gasteiger partial charge in [0, 0.05) is 0 Å². The summed E-state index contributed by atoms with van der Waals surface area (Å²) >= 11 is 0. The number of carbonyl (C=O) groups excluding carboxylic acids is 3. The van der Waals surface area contributed by atoms with E-state index in [1.54, 1.807) is 20.8 Å². The van der Waals surface area contributed by atoms with Gasteiger partial charge in [-0.2, -0.15) is 0 Å². The van der Waals surface area contributed by atoms with E-state index in [0.29, 0.717) is 6.42 Å². The molecule has 0 radical (unpaired) electrons. The summed E-state index contributed by atoms with van der Waals surface area (Å²) < 4.78 is 0. The van der Waals surface area contributed by atoms with Crippen molar-refractivity contribution >= 4 is 23.8 Å². The highest BCUT2D eigenvalue weighted by Crippen LogP contribution is 2.20. The fraction of sp³-hybridized carbons (Fsp3) is 0.667. The summed E-state index contributed by atoms with van der Waals surface area (Å²) in [6.45, 7) is 4.46. The van der Waals surface area contributed by atoms with E-state index in [2.05, 4.69) is 10.6 Å². The number of hydrogen-bond donors (Lipinski definition) is 3. The van der Waals surface area contributed by atoms with E-state index in [1.165, 1.54) is 0 Å². The summed E-state index contributed by atoms with van der Waals surface area (Å²) in [6.07, 6.45) is 0.621. The van der Waals surface area contributed by atoms with Crippen molar-refractivity contribution in [2.75, 3.05) is 6.54 Å². The zero-order valence-electron chi connectivity index (χ0n) is 11.7. The van der Waals surface area contributed by atoms with Crippen molar-refractivity contribution in [3.05, 3.63) is 0 Å². The number of nitrogens with one attached hydrogen (secondary N) is 2. The van der Waals surface area contributed by atoms with Crippen LogP contribution in [0.4, 0.5) is 4.79 Å². The standard InChI is InChI=1S/C12H19N3O5/c1-4-7(9(17)18)13-8(16)6-15-10(19)12(3,5-2)14-11(15)20/h7H,4-6H2,1-3H3,(H,13,16)(H,14,20)(H,17,18). The van der Waals surface area contributed by atoms with Gasteiger partial charge in [-0.15, -0.1) is 0 Å². The molecular formula is C12H19N3O5. The lowest BCUT2D eigenvalue weighted by Crippen LogP contribution is -2.47.